The first kappa shape index (κ1) is 27.6. The summed E-state index contributed by atoms with van der Waals surface area (Å²) in [6.07, 6.45) is 1.85. The minimum absolute atomic E-state index is 0.928. The minimum Gasteiger partial charge on any atom is -0.309 e. The molecule has 0 aliphatic carbocycles. The van der Waals surface area contributed by atoms with Crippen LogP contribution in [0.3, 0.4) is 0 Å². The van der Waals surface area contributed by atoms with Gasteiger partial charge in [0.25, 0.3) is 0 Å². The smallest absolute Gasteiger partial charge is 0.137 e. The van der Waals surface area contributed by atoms with Gasteiger partial charge in [-0.25, -0.2) is 4.98 Å². The van der Waals surface area contributed by atoms with Gasteiger partial charge in [-0.2, -0.15) is 0 Å². The Morgan fingerprint density at radius 2 is 0.848 bits per heavy atom. The standard InChI is InChI=1S/C41H27N3.C2H6/c1-2-10-28(11-3-1)29-17-21-32(22-18-29)43-37-14-6-4-12-33(37)35-26-30(19-23-39(35)43)31-20-24-40-36(27-31)34-13-5-7-15-38(34)44(40)41-16-8-9-25-42-41;1-2/h1-27H;1-2H3. The number of aromatic nitrogens is 3. The summed E-state index contributed by atoms with van der Waals surface area (Å²) in [5, 5.41) is 4.96. The number of hydrogen-bond donors (Lipinski definition) is 0. The molecule has 3 heterocycles. The van der Waals surface area contributed by atoms with Crippen LogP contribution in [0.25, 0.3) is 77.4 Å². The summed E-state index contributed by atoms with van der Waals surface area (Å²) in [4.78, 5) is 4.67. The maximum Gasteiger partial charge on any atom is 0.137 e. The fourth-order valence-electron chi connectivity index (χ4n) is 6.75. The van der Waals surface area contributed by atoms with Crippen LogP contribution in [-0.2, 0) is 0 Å². The van der Waals surface area contributed by atoms with E-state index in [2.05, 4.69) is 160 Å². The van der Waals surface area contributed by atoms with Crippen molar-refractivity contribution in [1.29, 1.82) is 0 Å². The molecule has 220 valence electrons. The van der Waals surface area contributed by atoms with Gasteiger partial charge in [-0.3, -0.25) is 4.57 Å². The first-order chi connectivity index (χ1) is 22.8. The molecule has 9 rings (SSSR count). The molecular weight excluding hydrogens is 558 g/mol. The zero-order valence-electron chi connectivity index (χ0n) is 25.9. The van der Waals surface area contributed by atoms with Crippen molar-refractivity contribution >= 4 is 43.6 Å². The van der Waals surface area contributed by atoms with Gasteiger partial charge in [0.05, 0.1) is 22.1 Å². The van der Waals surface area contributed by atoms with Crippen LogP contribution < -0.4 is 0 Å². The highest BCUT2D eigenvalue weighted by Crippen LogP contribution is 2.38. The van der Waals surface area contributed by atoms with E-state index in [1.807, 2.05) is 32.2 Å². The number of para-hydroxylation sites is 2. The molecule has 3 aromatic heterocycles. The van der Waals surface area contributed by atoms with E-state index in [9.17, 15) is 0 Å². The Balaban J connectivity index is 0.00000153. The number of hydrogen-bond acceptors (Lipinski definition) is 1. The van der Waals surface area contributed by atoms with E-state index in [1.165, 1.54) is 54.8 Å². The molecule has 0 aliphatic heterocycles. The summed E-state index contributed by atoms with van der Waals surface area (Å²) in [6.45, 7) is 4.00. The van der Waals surface area contributed by atoms with Crippen molar-refractivity contribution in [2.75, 3.05) is 0 Å². The third-order valence-corrected chi connectivity index (χ3v) is 8.79. The lowest BCUT2D eigenvalue weighted by Crippen LogP contribution is -1.96. The van der Waals surface area contributed by atoms with Gasteiger partial charge < -0.3 is 4.57 Å². The molecule has 0 saturated carbocycles. The Kier molecular flexibility index (Phi) is 6.92. The monoisotopic (exact) mass is 591 g/mol. The van der Waals surface area contributed by atoms with E-state index in [0.717, 1.165) is 22.5 Å². The predicted molar refractivity (Wildman–Crippen MR) is 195 cm³/mol. The van der Waals surface area contributed by atoms with E-state index >= 15 is 0 Å². The van der Waals surface area contributed by atoms with Crippen LogP contribution in [0.1, 0.15) is 13.8 Å². The molecule has 0 fully saturated rings. The number of nitrogens with zero attached hydrogens (tertiary/aromatic N) is 3. The molecule has 6 aromatic carbocycles. The average Bonchev–Trinajstić information content (AvgIpc) is 3.65. The summed E-state index contributed by atoms with van der Waals surface area (Å²) < 4.78 is 4.64. The third-order valence-electron chi connectivity index (χ3n) is 8.79. The largest absolute Gasteiger partial charge is 0.309 e. The van der Waals surface area contributed by atoms with Gasteiger partial charge >= 0.3 is 0 Å². The molecule has 0 aliphatic rings. The van der Waals surface area contributed by atoms with Crippen molar-refractivity contribution in [3.63, 3.8) is 0 Å². The second-order valence-electron chi connectivity index (χ2n) is 11.3. The van der Waals surface area contributed by atoms with Gasteiger partial charge in [0, 0.05) is 33.4 Å². The Bertz CT molecular complexity index is 2470. The lowest BCUT2D eigenvalue weighted by Gasteiger charge is -2.10. The highest BCUT2D eigenvalue weighted by atomic mass is 15.1. The van der Waals surface area contributed by atoms with Crippen LogP contribution >= 0.6 is 0 Å². The van der Waals surface area contributed by atoms with E-state index in [1.54, 1.807) is 0 Å². The van der Waals surface area contributed by atoms with Crippen molar-refractivity contribution in [2.24, 2.45) is 0 Å². The van der Waals surface area contributed by atoms with Crippen LogP contribution in [0.2, 0.25) is 0 Å². The molecule has 0 bridgehead atoms. The predicted octanol–water partition coefficient (Wildman–Crippen LogP) is 11.6. The third kappa shape index (κ3) is 4.48. The molecule has 0 spiro atoms. The first-order valence-corrected chi connectivity index (χ1v) is 16.0. The van der Waals surface area contributed by atoms with Crippen molar-refractivity contribution < 1.29 is 0 Å². The number of fused-ring (bicyclic) bond motifs is 6. The summed E-state index contributed by atoms with van der Waals surface area (Å²) >= 11 is 0. The Morgan fingerprint density at radius 3 is 1.46 bits per heavy atom. The van der Waals surface area contributed by atoms with E-state index in [4.69, 9.17) is 0 Å². The molecule has 0 N–H and O–H groups in total. The number of benzene rings is 6. The zero-order valence-corrected chi connectivity index (χ0v) is 25.9. The van der Waals surface area contributed by atoms with Crippen LogP contribution in [0, 0.1) is 0 Å². The Morgan fingerprint density at radius 1 is 0.370 bits per heavy atom. The summed E-state index contributed by atoms with van der Waals surface area (Å²) in [6, 6.07) is 56.5. The molecule has 0 saturated heterocycles. The van der Waals surface area contributed by atoms with Crippen molar-refractivity contribution in [1.82, 2.24) is 14.1 Å². The van der Waals surface area contributed by atoms with Crippen molar-refractivity contribution in [2.45, 2.75) is 13.8 Å². The summed E-state index contributed by atoms with van der Waals surface area (Å²) in [7, 11) is 0. The first-order valence-electron chi connectivity index (χ1n) is 16.0. The Hall–Kier alpha value is -5.93. The van der Waals surface area contributed by atoms with Crippen LogP contribution in [0.5, 0.6) is 0 Å². The normalized spacial score (nSPS) is 11.3. The van der Waals surface area contributed by atoms with Gasteiger partial charge in [0.1, 0.15) is 5.82 Å². The average molecular weight is 592 g/mol. The Labute approximate surface area is 268 Å². The SMILES string of the molecule is CC.c1ccc(-c2ccc(-n3c4ccccc4c4cc(-c5ccc6c(c5)c5ccccc5n6-c5ccccn5)ccc43)cc2)cc1. The second kappa shape index (κ2) is 11.5. The summed E-state index contributed by atoms with van der Waals surface area (Å²) in [5.41, 5.74) is 10.7. The number of rotatable bonds is 4. The van der Waals surface area contributed by atoms with Gasteiger partial charge in [0.15, 0.2) is 0 Å². The molecular formula is C43H33N3. The van der Waals surface area contributed by atoms with Gasteiger partial charge in [-0.15, -0.1) is 0 Å². The van der Waals surface area contributed by atoms with Crippen LogP contribution in [-0.4, -0.2) is 14.1 Å². The molecule has 3 heteroatoms. The van der Waals surface area contributed by atoms with E-state index < -0.39 is 0 Å². The highest BCUT2D eigenvalue weighted by molar-refractivity contribution is 6.12. The molecule has 3 nitrogen and oxygen atoms in total. The van der Waals surface area contributed by atoms with Crippen molar-refractivity contribution in [3.05, 3.63) is 164 Å². The molecule has 9 aromatic rings. The van der Waals surface area contributed by atoms with Crippen molar-refractivity contribution in [3.8, 4) is 33.8 Å². The second-order valence-corrected chi connectivity index (χ2v) is 11.3. The summed E-state index contributed by atoms with van der Waals surface area (Å²) in [5.74, 6) is 0.928. The molecule has 46 heavy (non-hydrogen) atoms. The molecule has 0 radical (unpaired) electrons. The van der Waals surface area contributed by atoms with E-state index in [0.29, 0.717) is 0 Å². The van der Waals surface area contributed by atoms with Gasteiger partial charge in [0.2, 0.25) is 0 Å². The molecule has 0 atom stereocenters. The molecule has 0 amide bonds. The molecule has 0 unspecified atom stereocenters. The van der Waals surface area contributed by atoms with Gasteiger partial charge in [-0.05, 0) is 82.9 Å². The number of pyridine rings is 1. The topological polar surface area (TPSA) is 22.8 Å². The maximum atomic E-state index is 4.67. The maximum absolute atomic E-state index is 4.67. The fraction of sp³-hybridized carbons (Fsp3) is 0.0465. The van der Waals surface area contributed by atoms with Crippen LogP contribution in [0.15, 0.2) is 164 Å². The lowest BCUT2D eigenvalue weighted by atomic mass is 10.0. The van der Waals surface area contributed by atoms with Gasteiger partial charge in [-0.1, -0.05) is 111 Å². The minimum atomic E-state index is 0.928. The van der Waals surface area contributed by atoms with E-state index in [-0.39, 0.29) is 0 Å². The lowest BCUT2D eigenvalue weighted by molar-refractivity contribution is 1.08. The highest BCUT2D eigenvalue weighted by Gasteiger charge is 2.16. The quantitative estimate of drug-likeness (QED) is 0.200. The fourth-order valence-corrected chi connectivity index (χ4v) is 6.75. The zero-order chi connectivity index (χ0) is 31.0. The van der Waals surface area contributed by atoms with Crippen LogP contribution in [0.4, 0.5) is 0 Å².